The van der Waals surface area contributed by atoms with Gasteiger partial charge in [-0.2, -0.15) is 5.10 Å². The number of halogens is 2. The third-order valence-corrected chi connectivity index (χ3v) is 7.62. The molecule has 5 rings (SSSR count). The molecule has 3 aromatic rings. The van der Waals surface area contributed by atoms with E-state index in [2.05, 4.69) is 15.4 Å². The molecular weight excluding hydrogens is 535 g/mol. The fraction of sp³-hybridized carbons (Fsp3) is 0.379. The molecule has 2 aromatic carbocycles. The highest BCUT2D eigenvalue weighted by molar-refractivity contribution is 6.13. The smallest absolute Gasteiger partial charge is 0.256 e. The minimum Gasteiger partial charge on any atom is -0.361 e. The number of hydrogen-bond acceptors (Lipinski definition) is 5. The minimum atomic E-state index is -1.19. The van der Waals surface area contributed by atoms with Crippen LogP contribution in [0.4, 0.5) is 4.39 Å². The van der Waals surface area contributed by atoms with Crippen molar-refractivity contribution in [2.75, 3.05) is 20.1 Å². The number of carbonyl (C=O) groups is 3. The first kappa shape index (κ1) is 29.2. The Hall–Kier alpha value is -3.76. The van der Waals surface area contributed by atoms with Crippen molar-refractivity contribution in [3.8, 4) is 0 Å². The predicted octanol–water partition coefficient (Wildman–Crippen LogP) is 2.78. The van der Waals surface area contributed by atoms with Crippen LogP contribution >= 0.6 is 12.4 Å². The van der Waals surface area contributed by atoms with Crippen molar-refractivity contribution in [1.29, 1.82) is 0 Å². The Kier molecular flexibility index (Phi) is 8.05. The third-order valence-electron chi connectivity index (χ3n) is 7.62. The lowest BCUT2D eigenvalue weighted by Gasteiger charge is -2.41. The Morgan fingerprint density at radius 2 is 1.90 bits per heavy atom. The van der Waals surface area contributed by atoms with E-state index < -0.39 is 22.9 Å². The number of hydrogen-bond donors (Lipinski definition) is 3. The number of fused-ring (bicyclic) bond motifs is 2. The number of hydrazone groups is 1. The van der Waals surface area contributed by atoms with E-state index in [1.165, 1.54) is 17.1 Å². The van der Waals surface area contributed by atoms with Crippen LogP contribution in [0.25, 0.3) is 10.9 Å². The van der Waals surface area contributed by atoms with Crippen LogP contribution in [0.5, 0.6) is 0 Å². The number of amides is 3. The van der Waals surface area contributed by atoms with Crippen LogP contribution < -0.4 is 11.1 Å². The first-order valence-corrected chi connectivity index (χ1v) is 13.0. The second-order valence-corrected chi connectivity index (χ2v) is 11.1. The lowest BCUT2D eigenvalue weighted by molar-refractivity contribution is -0.142. The monoisotopic (exact) mass is 568 g/mol. The quantitative estimate of drug-likeness (QED) is 0.405. The fourth-order valence-electron chi connectivity index (χ4n) is 5.51. The van der Waals surface area contributed by atoms with Gasteiger partial charge in [0.25, 0.3) is 5.91 Å². The Morgan fingerprint density at radius 1 is 1.20 bits per heavy atom. The predicted molar refractivity (Wildman–Crippen MR) is 153 cm³/mol. The number of likely N-dealkylation sites (tertiary alicyclic amines) is 1. The molecule has 212 valence electrons. The number of aromatic nitrogens is 1. The van der Waals surface area contributed by atoms with Crippen LogP contribution in [0, 0.1) is 11.2 Å². The highest BCUT2D eigenvalue weighted by atomic mass is 35.5. The summed E-state index contributed by atoms with van der Waals surface area (Å²) in [5.74, 6) is -1.31. The lowest BCUT2D eigenvalue weighted by atomic mass is 9.73. The van der Waals surface area contributed by atoms with E-state index >= 15 is 0 Å². The maximum atomic E-state index is 14.1. The van der Waals surface area contributed by atoms with Gasteiger partial charge in [-0.25, -0.2) is 9.40 Å². The number of nitrogens with zero attached hydrogens (tertiary/aromatic N) is 3. The summed E-state index contributed by atoms with van der Waals surface area (Å²) in [6.07, 6.45) is 2.80. The van der Waals surface area contributed by atoms with Crippen LogP contribution in [0.2, 0.25) is 0 Å². The summed E-state index contributed by atoms with van der Waals surface area (Å²) in [7, 11) is 1.61. The molecule has 1 saturated heterocycles. The van der Waals surface area contributed by atoms with Crippen LogP contribution in [-0.4, -0.2) is 70.0 Å². The van der Waals surface area contributed by atoms with Gasteiger partial charge in [-0.15, -0.1) is 12.4 Å². The van der Waals surface area contributed by atoms with Crippen LogP contribution in [0.1, 0.15) is 31.4 Å². The van der Waals surface area contributed by atoms with Gasteiger partial charge in [0.05, 0.1) is 11.3 Å². The van der Waals surface area contributed by atoms with Gasteiger partial charge >= 0.3 is 0 Å². The molecule has 0 unspecified atom stereocenters. The number of para-hydroxylation sites is 1. The molecule has 1 aromatic heterocycles. The van der Waals surface area contributed by atoms with E-state index in [-0.39, 0.29) is 49.4 Å². The van der Waals surface area contributed by atoms with Crippen molar-refractivity contribution in [2.45, 2.75) is 44.7 Å². The maximum absolute atomic E-state index is 14.1. The summed E-state index contributed by atoms with van der Waals surface area (Å²) in [5, 5.41) is 9.65. The van der Waals surface area contributed by atoms with Gasteiger partial charge in [-0.05, 0) is 49.6 Å². The van der Waals surface area contributed by atoms with Gasteiger partial charge < -0.3 is 20.9 Å². The number of aromatic amines is 1. The Morgan fingerprint density at radius 3 is 2.60 bits per heavy atom. The number of rotatable bonds is 7. The van der Waals surface area contributed by atoms with Gasteiger partial charge in [0.15, 0.2) is 0 Å². The van der Waals surface area contributed by atoms with Gasteiger partial charge in [0.1, 0.15) is 17.3 Å². The van der Waals surface area contributed by atoms with Crippen molar-refractivity contribution >= 4 is 46.7 Å². The number of H-pyrrole nitrogens is 1. The first-order chi connectivity index (χ1) is 18.5. The molecule has 2 aliphatic rings. The molecule has 2 aliphatic heterocycles. The zero-order valence-corrected chi connectivity index (χ0v) is 23.6. The molecule has 0 spiro atoms. The first-order valence-electron chi connectivity index (χ1n) is 13.0. The summed E-state index contributed by atoms with van der Waals surface area (Å²) in [6.45, 7) is 3.64. The molecule has 11 heteroatoms. The van der Waals surface area contributed by atoms with Crippen LogP contribution in [0.3, 0.4) is 0 Å². The molecule has 9 nitrogen and oxygen atoms in total. The van der Waals surface area contributed by atoms with Gasteiger partial charge in [0.2, 0.25) is 11.8 Å². The largest absolute Gasteiger partial charge is 0.361 e. The number of nitrogens with one attached hydrogen (secondary N) is 2. The molecule has 3 heterocycles. The van der Waals surface area contributed by atoms with Crippen molar-refractivity contribution in [1.82, 2.24) is 20.2 Å². The van der Waals surface area contributed by atoms with E-state index in [0.717, 1.165) is 22.0 Å². The van der Waals surface area contributed by atoms with Crippen LogP contribution in [-0.2, 0) is 27.2 Å². The van der Waals surface area contributed by atoms with Crippen LogP contribution in [0.15, 0.2) is 59.8 Å². The summed E-state index contributed by atoms with van der Waals surface area (Å²) in [5.41, 5.74) is 7.12. The molecule has 3 amide bonds. The second kappa shape index (κ2) is 11.0. The minimum absolute atomic E-state index is 0. The Bertz CT molecular complexity index is 1460. The average molecular weight is 569 g/mol. The molecule has 0 bridgehead atoms. The Labute approximate surface area is 238 Å². The fourth-order valence-corrected chi connectivity index (χ4v) is 5.51. The zero-order valence-electron chi connectivity index (χ0n) is 22.7. The zero-order chi connectivity index (χ0) is 27.9. The number of carbonyl (C=O) groups excluding carboxylic acids is 3. The molecule has 2 atom stereocenters. The highest BCUT2D eigenvalue weighted by Gasteiger charge is 2.54. The molecule has 0 aliphatic carbocycles. The van der Waals surface area contributed by atoms with Crippen molar-refractivity contribution in [3.05, 3.63) is 71.7 Å². The topological polar surface area (TPSA) is 124 Å². The van der Waals surface area contributed by atoms with Gasteiger partial charge in [-0.3, -0.25) is 14.4 Å². The lowest BCUT2D eigenvalue weighted by Crippen LogP contribution is -2.61. The summed E-state index contributed by atoms with van der Waals surface area (Å²) < 4.78 is 13.6. The van der Waals surface area contributed by atoms with Gasteiger partial charge in [-0.1, -0.05) is 30.3 Å². The number of piperidine rings is 1. The summed E-state index contributed by atoms with van der Waals surface area (Å²) >= 11 is 0. The molecule has 0 saturated carbocycles. The third kappa shape index (κ3) is 5.46. The SMILES string of the molecule is CN1N=C2CCN(C(=O)[C@@H](Cc3c[nH]c4ccccc34)NC(=O)C(C)(C)N)C[C@@]2(Cc2ccc(F)cc2)C1=O.Cl. The molecule has 40 heavy (non-hydrogen) atoms. The highest BCUT2D eigenvalue weighted by Crippen LogP contribution is 2.38. The molecule has 0 radical (unpaired) electrons. The van der Waals surface area contributed by atoms with E-state index in [0.29, 0.717) is 18.7 Å². The number of nitrogens with two attached hydrogens (primary N) is 1. The normalized spacial score (nSPS) is 19.6. The molecular formula is C29H34ClFN6O3. The molecule has 4 N–H and O–H groups in total. The number of benzene rings is 2. The van der Waals surface area contributed by atoms with Gasteiger partial charge in [0, 0.05) is 50.1 Å². The van der Waals surface area contributed by atoms with Crippen molar-refractivity contribution in [2.24, 2.45) is 16.3 Å². The second-order valence-electron chi connectivity index (χ2n) is 11.1. The van der Waals surface area contributed by atoms with Crippen molar-refractivity contribution in [3.63, 3.8) is 0 Å². The molecule has 1 fully saturated rings. The Balaban J connectivity index is 0.00000370. The van der Waals surface area contributed by atoms with E-state index in [1.54, 1.807) is 37.9 Å². The summed E-state index contributed by atoms with van der Waals surface area (Å²) in [6, 6.07) is 12.9. The van der Waals surface area contributed by atoms with E-state index in [4.69, 9.17) is 5.73 Å². The van der Waals surface area contributed by atoms with E-state index in [9.17, 15) is 18.8 Å². The van der Waals surface area contributed by atoms with E-state index in [1.807, 2.05) is 30.5 Å². The van der Waals surface area contributed by atoms with Crippen molar-refractivity contribution < 1.29 is 18.8 Å². The maximum Gasteiger partial charge on any atom is 0.256 e. The standard InChI is InChI=1S/C29H33FN6O3.ClH/c1-28(2,31)26(38)33-23(14-19-16-32-22-7-5-4-6-21(19)22)25(37)36-13-12-24-29(17-36,27(39)35(3)34-24)15-18-8-10-20(30)11-9-18;/h4-11,16,23,32H,12-15,17,31H2,1-3H3,(H,33,38);1H/t23-,29-;/m1./s1. The summed E-state index contributed by atoms with van der Waals surface area (Å²) in [4.78, 5) is 45.4. The average Bonchev–Trinajstić information content (AvgIpc) is 3.42.